The molecule has 3 aromatic rings. The number of aliphatic carboxylic acids is 1. The number of aromatic nitrogens is 1. The molecule has 1 aliphatic heterocycles. The van der Waals surface area contributed by atoms with E-state index >= 15 is 0 Å². The molecule has 0 amide bonds. The first kappa shape index (κ1) is 18.9. The van der Waals surface area contributed by atoms with Gasteiger partial charge in [0.15, 0.2) is 6.04 Å². The fourth-order valence-electron chi connectivity index (χ4n) is 2.66. The van der Waals surface area contributed by atoms with Crippen LogP contribution in [-0.2, 0) is 11.4 Å². The predicted octanol–water partition coefficient (Wildman–Crippen LogP) is 1.50. The Bertz CT molecular complexity index is 1050. The van der Waals surface area contributed by atoms with E-state index in [1.54, 1.807) is 24.3 Å². The topological polar surface area (TPSA) is 112 Å². The first-order valence-electron chi connectivity index (χ1n) is 8.42. The van der Waals surface area contributed by atoms with Crippen molar-refractivity contribution in [2.75, 3.05) is 5.75 Å². The van der Waals surface area contributed by atoms with E-state index in [0.717, 1.165) is 20.8 Å². The van der Waals surface area contributed by atoms with Crippen LogP contribution in [0.4, 0.5) is 0 Å². The minimum absolute atomic E-state index is 0.349. The van der Waals surface area contributed by atoms with Crippen LogP contribution in [0.5, 0.6) is 5.75 Å². The SMILES string of the molecule is O=C(O)C1CSC(c2nc3ccc(OCc4ccc(B(O)O)cc4)cc3s2)=N1. The van der Waals surface area contributed by atoms with Gasteiger partial charge in [-0.2, -0.15) is 0 Å². The number of fused-ring (bicyclic) bond motifs is 1. The quantitative estimate of drug-likeness (QED) is 0.524. The second-order valence-electron chi connectivity index (χ2n) is 6.15. The highest BCUT2D eigenvalue weighted by atomic mass is 32.2. The summed E-state index contributed by atoms with van der Waals surface area (Å²) in [6.45, 7) is 0.349. The Hall–Kier alpha value is -2.40. The molecule has 0 saturated carbocycles. The van der Waals surface area contributed by atoms with Gasteiger partial charge in [-0.3, -0.25) is 4.99 Å². The van der Waals surface area contributed by atoms with E-state index < -0.39 is 19.1 Å². The number of carboxylic acid groups (broad SMARTS) is 1. The van der Waals surface area contributed by atoms with E-state index in [1.165, 1.54) is 23.1 Å². The van der Waals surface area contributed by atoms with Gasteiger partial charge in [0.25, 0.3) is 0 Å². The van der Waals surface area contributed by atoms with Crippen LogP contribution in [0.1, 0.15) is 10.6 Å². The largest absolute Gasteiger partial charge is 0.489 e. The molecule has 2 aromatic carbocycles. The minimum atomic E-state index is -1.48. The number of hydrogen-bond donors (Lipinski definition) is 3. The molecular weight excluding hydrogens is 399 g/mol. The van der Waals surface area contributed by atoms with Crippen molar-refractivity contribution in [3.05, 3.63) is 53.0 Å². The lowest BCUT2D eigenvalue weighted by Crippen LogP contribution is -2.29. The van der Waals surface area contributed by atoms with E-state index in [1.807, 2.05) is 18.2 Å². The number of rotatable bonds is 6. The van der Waals surface area contributed by atoms with E-state index in [2.05, 4.69) is 9.98 Å². The molecule has 142 valence electrons. The summed E-state index contributed by atoms with van der Waals surface area (Å²) in [5.74, 6) is 0.209. The molecule has 7 nitrogen and oxygen atoms in total. The summed E-state index contributed by atoms with van der Waals surface area (Å²) < 4.78 is 6.76. The van der Waals surface area contributed by atoms with Crippen LogP contribution in [0.2, 0.25) is 0 Å². The fraction of sp³-hybridized carbons (Fsp3) is 0.167. The van der Waals surface area contributed by atoms with Gasteiger partial charge in [-0.1, -0.05) is 24.3 Å². The minimum Gasteiger partial charge on any atom is -0.489 e. The Labute approximate surface area is 168 Å². The molecule has 3 N–H and O–H groups in total. The number of benzene rings is 2. The second kappa shape index (κ2) is 7.92. The smallest absolute Gasteiger partial charge is 0.488 e. The molecule has 1 aromatic heterocycles. The Morgan fingerprint density at radius 3 is 2.68 bits per heavy atom. The van der Waals surface area contributed by atoms with Gasteiger partial charge in [0.2, 0.25) is 0 Å². The summed E-state index contributed by atoms with van der Waals surface area (Å²) in [5, 5.41) is 28.7. The highest BCUT2D eigenvalue weighted by Gasteiger charge is 2.26. The monoisotopic (exact) mass is 414 g/mol. The van der Waals surface area contributed by atoms with Gasteiger partial charge >= 0.3 is 13.1 Å². The maximum absolute atomic E-state index is 11.1. The summed E-state index contributed by atoms with van der Waals surface area (Å²) in [7, 11) is -1.48. The third-order valence-corrected chi connectivity index (χ3v) is 6.37. The molecular formula is C18H15BN2O5S2. The number of hydrogen-bond acceptors (Lipinski definition) is 8. The van der Waals surface area contributed by atoms with Crippen LogP contribution in [0, 0.1) is 0 Å². The van der Waals surface area contributed by atoms with E-state index in [4.69, 9.17) is 19.9 Å². The van der Waals surface area contributed by atoms with Crippen LogP contribution in [0.15, 0.2) is 47.5 Å². The molecule has 0 radical (unpaired) electrons. The average molecular weight is 414 g/mol. The van der Waals surface area contributed by atoms with Crippen molar-refractivity contribution < 1.29 is 24.7 Å². The first-order chi connectivity index (χ1) is 13.5. The standard InChI is InChI=1S/C18H15BN2O5S2/c22-18(23)14-9-27-16(21-14)17-20-13-6-5-12(7-15(13)28-17)26-8-10-1-3-11(4-2-10)19(24)25/h1-7,14,24-25H,8-9H2,(H,22,23). The van der Waals surface area contributed by atoms with Gasteiger partial charge in [-0.25, -0.2) is 9.78 Å². The Balaban J connectivity index is 1.47. The number of thiazole rings is 1. The van der Waals surface area contributed by atoms with Crippen molar-refractivity contribution in [1.29, 1.82) is 0 Å². The lowest BCUT2D eigenvalue weighted by Gasteiger charge is -2.07. The number of thioether (sulfide) groups is 1. The zero-order valence-electron chi connectivity index (χ0n) is 14.5. The third kappa shape index (κ3) is 4.05. The Kier molecular flexibility index (Phi) is 5.36. The fourth-order valence-corrected chi connectivity index (χ4v) is 4.75. The zero-order valence-corrected chi connectivity index (χ0v) is 16.1. The van der Waals surface area contributed by atoms with Crippen LogP contribution in [0.25, 0.3) is 10.2 Å². The molecule has 4 rings (SSSR count). The Morgan fingerprint density at radius 2 is 2.00 bits per heavy atom. The van der Waals surface area contributed by atoms with Crippen LogP contribution in [0.3, 0.4) is 0 Å². The zero-order chi connectivity index (χ0) is 19.7. The maximum Gasteiger partial charge on any atom is 0.488 e. The number of carbonyl (C=O) groups is 1. The lowest BCUT2D eigenvalue weighted by molar-refractivity contribution is -0.137. The van der Waals surface area contributed by atoms with Crippen molar-refractivity contribution in [3.8, 4) is 5.75 Å². The van der Waals surface area contributed by atoms with E-state index in [9.17, 15) is 4.79 Å². The van der Waals surface area contributed by atoms with Crippen molar-refractivity contribution in [1.82, 2.24) is 4.98 Å². The van der Waals surface area contributed by atoms with Gasteiger partial charge < -0.3 is 19.9 Å². The molecule has 0 fully saturated rings. The van der Waals surface area contributed by atoms with Gasteiger partial charge in [0.1, 0.15) is 22.4 Å². The number of aliphatic imine (C=N–C) groups is 1. The summed E-state index contributed by atoms with van der Waals surface area (Å²) in [6, 6.07) is 11.8. The molecule has 1 unspecified atom stereocenters. The third-order valence-electron chi connectivity index (χ3n) is 4.16. The highest BCUT2D eigenvalue weighted by molar-refractivity contribution is 8.15. The Morgan fingerprint density at radius 1 is 1.21 bits per heavy atom. The molecule has 0 bridgehead atoms. The predicted molar refractivity (Wildman–Crippen MR) is 111 cm³/mol. The molecule has 0 aliphatic carbocycles. The van der Waals surface area contributed by atoms with Gasteiger partial charge in [0.05, 0.1) is 10.2 Å². The molecule has 1 aliphatic rings. The summed E-state index contributed by atoms with van der Waals surface area (Å²) >= 11 is 2.87. The van der Waals surface area contributed by atoms with Crippen LogP contribution < -0.4 is 10.2 Å². The molecule has 1 atom stereocenters. The van der Waals surface area contributed by atoms with Crippen LogP contribution in [-0.4, -0.2) is 50.1 Å². The molecule has 0 spiro atoms. The maximum atomic E-state index is 11.1. The number of carboxylic acids is 1. The highest BCUT2D eigenvalue weighted by Crippen LogP contribution is 2.31. The number of ether oxygens (including phenoxy) is 1. The van der Waals surface area contributed by atoms with Crippen molar-refractivity contribution in [2.45, 2.75) is 12.6 Å². The summed E-state index contributed by atoms with van der Waals surface area (Å²) in [4.78, 5) is 19.8. The number of nitrogens with zero attached hydrogens (tertiary/aromatic N) is 2. The normalized spacial score (nSPS) is 16.2. The molecule has 0 saturated heterocycles. The van der Waals surface area contributed by atoms with Gasteiger partial charge in [-0.15, -0.1) is 23.1 Å². The van der Waals surface area contributed by atoms with Crippen molar-refractivity contribution in [3.63, 3.8) is 0 Å². The van der Waals surface area contributed by atoms with E-state index in [0.29, 0.717) is 28.6 Å². The van der Waals surface area contributed by atoms with Crippen molar-refractivity contribution in [2.24, 2.45) is 4.99 Å². The van der Waals surface area contributed by atoms with Crippen molar-refractivity contribution >= 4 is 56.9 Å². The van der Waals surface area contributed by atoms with Gasteiger partial charge in [0, 0.05) is 5.75 Å². The molecule has 10 heteroatoms. The molecule has 2 heterocycles. The van der Waals surface area contributed by atoms with Crippen LogP contribution >= 0.6 is 23.1 Å². The molecule has 28 heavy (non-hydrogen) atoms. The summed E-state index contributed by atoms with van der Waals surface area (Å²) in [5.41, 5.74) is 2.15. The van der Waals surface area contributed by atoms with Gasteiger partial charge in [-0.05, 0) is 29.2 Å². The van der Waals surface area contributed by atoms with E-state index in [-0.39, 0.29) is 0 Å². The first-order valence-corrected chi connectivity index (χ1v) is 10.2. The average Bonchev–Trinajstić information content (AvgIpc) is 3.33. The summed E-state index contributed by atoms with van der Waals surface area (Å²) in [6.07, 6.45) is 0. The lowest BCUT2D eigenvalue weighted by atomic mass is 9.80. The second-order valence-corrected chi connectivity index (χ2v) is 8.19.